The smallest absolute Gasteiger partial charge is 0.315 e. The number of carbonyl (C=O) groups is 2. The van der Waals surface area contributed by atoms with Crippen molar-refractivity contribution in [1.29, 1.82) is 0 Å². The topological polar surface area (TPSA) is 117 Å². The standard InChI is InChI=1S/C21H16ClF4N7O2/c1-7(29-21(35)19(25)26)14-17(24)16(22)15(9-3-28-32-18(9)14)11-5-33-6-12(30-13(33)4-27-11)31-20(34)8-2-10(8)23/h3-8,10,19H,2H2,1H3,(H,28,32)(H,29,35)(H,31,34). The molecule has 182 valence electrons. The Bertz CT molecular complexity index is 1490. The summed E-state index contributed by atoms with van der Waals surface area (Å²) in [5.41, 5.74) is 0.764. The van der Waals surface area contributed by atoms with Gasteiger partial charge in [-0.05, 0) is 13.3 Å². The number of alkyl halides is 3. The van der Waals surface area contributed by atoms with Gasteiger partial charge in [-0.15, -0.1) is 0 Å². The van der Waals surface area contributed by atoms with E-state index in [0.717, 1.165) is 0 Å². The molecule has 0 radical (unpaired) electrons. The average Bonchev–Trinajstić information content (AvgIpc) is 3.17. The summed E-state index contributed by atoms with van der Waals surface area (Å²) in [7, 11) is 0. The number of aromatic nitrogens is 5. The van der Waals surface area contributed by atoms with Crippen LogP contribution in [0, 0.1) is 11.7 Å². The maximum Gasteiger partial charge on any atom is 0.315 e. The largest absolute Gasteiger partial charge is 0.344 e. The van der Waals surface area contributed by atoms with Gasteiger partial charge in [-0.3, -0.25) is 19.7 Å². The van der Waals surface area contributed by atoms with Crippen molar-refractivity contribution in [1.82, 2.24) is 29.9 Å². The van der Waals surface area contributed by atoms with Crippen LogP contribution in [0.25, 0.3) is 27.8 Å². The van der Waals surface area contributed by atoms with Crippen LogP contribution in [0.3, 0.4) is 0 Å². The second kappa shape index (κ2) is 8.48. The van der Waals surface area contributed by atoms with E-state index in [1.807, 2.05) is 5.32 Å². The van der Waals surface area contributed by atoms with Crippen molar-refractivity contribution in [2.75, 3.05) is 5.32 Å². The van der Waals surface area contributed by atoms with Crippen molar-refractivity contribution < 1.29 is 27.2 Å². The Morgan fingerprint density at radius 2 is 2.03 bits per heavy atom. The number of hydrogen-bond donors (Lipinski definition) is 3. The Kier molecular flexibility index (Phi) is 5.58. The van der Waals surface area contributed by atoms with E-state index in [-0.39, 0.29) is 39.6 Å². The Morgan fingerprint density at radius 3 is 2.71 bits per heavy atom. The fourth-order valence-corrected chi connectivity index (χ4v) is 4.19. The van der Waals surface area contributed by atoms with Crippen LogP contribution in [0.15, 0.2) is 24.8 Å². The molecule has 5 rings (SSSR count). The van der Waals surface area contributed by atoms with Gasteiger partial charge in [-0.25, -0.2) is 13.8 Å². The van der Waals surface area contributed by atoms with Gasteiger partial charge in [0.15, 0.2) is 11.5 Å². The number of halogens is 5. The lowest BCUT2D eigenvalue weighted by Crippen LogP contribution is -2.32. The first-order valence-corrected chi connectivity index (χ1v) is 10.8. The highest BCUT2D eigenvalue weighted by molar-refractivity contribution is 6.35. The number of fused-ring (bicyclic) bond motifs is 2. The van der Waals surface area contributed by atoms with Crippen molar-refractivity contribution >= 4 is 45.8 Å². The minimum absolute atomic E-state index is 0.139. The lowest BCUT2D eigenvalue weighted by atomic mass is 9.98. The van der Waals surface area contributed by atoms with Crippen molar-refractivity contribution in [2.24, 2.45) is 5.92 Å². The monoisotopic (exact) mass is 509 g/mol. The Morgan fingerprint density at radius 1 is 1.29 bits per heavy atom. The molecule has 9 nitrogen and oxygen atoms in total. The Hall–Kier alpha value is -3.74. The molecule has 0 saturated heterocycles. The second-order valence-corrected chi connectivity index (χ2v) is 8.50. The zero-order valence-corrected chi connectivity index (χ0v) is 18.6. The third kappa shape index (κ3) is 4.05. The number of rotatable bonds is 6. The summed E-state index contributed by atoms with van der Waals surface area (Å²) in [5.74, 6) is -3.45. The molecule has 3 heterocycles. The van der Waals surface area contributed by atoms with Gasteiger partial charge in [0.2, 0.25) is 5.91 Å². The van der Waals surface area contributed by atoms with Gasteiger partial charge in [0.25, 0.3) is 5.91 Å². The van der Waals surface area contributed by atoms with E-state index in [2.05, 4.69) is 25.5 Å². The first kappa shape index (κ1) is 23.0. The summed E-state index contributed by atoms with van der Waals surface area (Å²) in [6.07, 6.45) is 1.49. The molecular formula is C21H16ClF4N7O2. The van der Waals surface area contributed by atoms with Gasteiger partial charge < -0.3 is 15.0 Å². The molecule has 0 spiro atoms. The molecule has 1 aliphatic carbocycles. The molecule has 3 unspecified atom stereocenters. The number of H-pyrrole nitrogens is 1. The summed E-state index contributed by atoms with van der Waals surface area (Å²) in [4.78, 5) is 31.9. The predicted molar refractivity (Wildman–Crippen MR) is 117 cm³/mol. The zero-order valence-electron chi connectivity index (χ0n) is 17.8. The van der Waals surface area contributed by atoms with Crippen LogP contribution in [0.1, 0.15) is 24.9 Å². The van der Waals surface area contributed by atoms with Crippen molar-refractivity contribution in [3.05, 3.63) is 41.2 Å². The van der Waals surface area contributed by atoms with Gasteiger partial charge in [0.1, 0.15) is 12.0 Å². The Balaban J connectivity index is 1.54. The van der Waals surface area contributed by atoms with E-state index < -0.39 is 42.2 Å². The SMILES string of the molecule is CC(NC(=O)C(F)F)c1c(F)c(Cl)c(-c2cn3cc(NC(=O)C4CC4F)nc3cn2)c2cn[nH]c12. The molecular weight excluding hydrogens is 494 g/mol. The molecule has 0 aliphatic heterocycles. The number of nitrogens with zero attached hydrogens (tertiary/aromatic N) is 4. The van der Waals surface area contributed by atoms with E-state index in [1.54, 1.807) is 0 Å². The summed E-state index contributed by atoms with van der Waals surface area (Å²) in [6.45, 7) is 1.34. The number of aromatic amines is 1. The average molecular weight is 510 g/mol. The number of nitrogens with one attached hydrogen (secondary N) is 3. The molecule has 3 aromatic heterocycles. The lowest BCUT2D eigenvalue weighted by Gasteiger charge is -2.18. The van der Waals surface area contributed by atoms with Crippen LogP contribution in [0.2, 0.25) is 5.02 Å². The number of amides is 2. The zero-order chi connectivity index (χ0) is 25.0. The van der Waals surface area contributed by atoms with Crippen LogP contribution in [0.5, 0.6) is 0 Å². The van der Waals surface area contributed by atoms with E-state index in [4.69, 9.17) is 11.6 Å². The maximum absolute atomic E-state index is 15.4. The summed E-state index contributed by atoms with van der Waals surface area (Å²) in [5, 5.41) is 11.1. The molecule has 2 amide bonds. The van der Waals surface area contributed by atoms with Crippen molar-refractivity contribution in [2.45, 2.75) is 32.0 Å². The van der Waals surface area contributed by atoms with Gasteiger partial charge in [-0.2, -0.15) is 13.9 Å². The number of hydrogen-bond acceptors (Lipinski definition) is 5. The van der Waals surface area contributed by atoms with Crippen molar-refractivity contribution in [3.8, 4) is 11.3 Å². The second-order valence-electron chi connectivity index (χ2n) is 8.12. The molecule has 0 bridgehead atoms. The summed E-state index contributed by atoms with van der Waals surface area (Å²) >= 11 is 6.36. The number of imidazole rings is 1. The highest BCUT2D eigenvalue weighted by atomic mass is 35.5. The fourth-order valence-electron chi connectivity index (χ4n) is 3.89. The molecule has 35 heavy (non-hydrogen) atoms. The quantitative estimate of drug-likeness (QED) is 0.342. The minimum atomic E-state index is -3.27. The van der Waals surface area contributed by atoms with Gasteiger partial charge >= 0.3 is 6.43 Å². The van der Waals surface area contributed by atoms with Crippen LogP contribution in [-0.4, -0.2) is 49.0 Å². The first-order chi connectivity index (χ1) is 16.7. The molecule has 1 fully saturated rings. The van der Waals surface area contributed by atoms with E-state index in [1.165, 1.54) is 36.1 Å². The highest BCUT2D eigenvalue weighted by Gasteiger charge is 2.43. The molecule has 3 atom stereocenters. The highest BCUT2D eigenvalue weighted by Crippen LogP contribution is 2.40. The van der Waals surface area contributed by atoms with Crippen molar-refractivity contribution in [3.63, 3.8) is 0 Å². The van der Waals surface area contributed by atoms with Gasteiger partial charge in [0.05, 0.1) is 46.8 Å². The summed E-state index contributed by atoms with van der Waals surface area (Å²) in [6, 6.07) is -1.14. The molecule has 1 aromatic carbocycles. The fraction of sp³-hybridized carbons (Fsp3) is 0.286. The Labute approximate surface area is 198 Å². The number of carbonyl (C=O) groups excluding carboxylic acids is 2. The maximum atomic E-state index is 15.4. The molecule has 14 heteroatoms. The van der Waals surface area contributed by atoms with Gasteiger partial charge in [0, 0.05) is 22.7 Å². The van der Waals surface area contributed by atoms with E-state index >= 15 is 4.39 Å². The van der Waals surface area contributed by atoms with Gasteiger partial charge in [-0.1, -0.05) is 11.6 Å². The third-order valence-corrected chi connectivity index (χ3v) is 6.07. The van der Waals surface area contributed by atoms with Crippen LogP contribution in [0.4, 0.5) is 23.4 Å². The number of benzene rings is 1. The predicted octanol–water partition coefficient (Wildman–Crippen LogP) is 3.80. The lowest BCUT2D eigenvalue weighted by molar-refractivity contribution is -0.132. The third-order valence-electron chi connectivity index (χ3n) is 5.71. The normalized spacial score (nSPS) is 18.3. The molecule has 1 aliphatic rings. The first-order valence-electron chi connectivity index (χ1n) is 10.4. The molecule has 3 N–H and O–H groups in total. The van der Waals surface area contributed by atoms with Crippen LogP contribution >= 0.6 is 11.6 Å². The van der Waals surface area contributed by atoms with Crippen LogP contribution in [-0.2, 0) is 9.59 Å². The van der Waals surface area contributed by atoms with Crippen LogP contribution < -0.4 is 10.6 Å². The number of anilines is 1. The minimum Gasteiger partial charge on any atom is -0.344 e. The van der Waals surface area contributed by atoms with E-state index in [9.17, 15) is 22.8 Å². The molecule has 4 aromatic rings. The molecule has 1 saturated carbocycles. The summed E-state index contributed by atoms with van der Waals surface area (Å²) < 4.78 is 55.4. The van der Waals surface area contributed by atoms with E-state index in [0.29, 0.717) is 11.0 Å².